The maximum atomic E-state index is 13.7. The molecule has 0 unspecified atom stereocenters. The highest BCUT2D eigenvalue weighted by atomic mass is 19.1. The Kier molecular flexibility index (Phi) is 8.16. The number of benzene rings is 2. The Hall–Kier alpha value is -2.51. The highest BCUT2D eigenvalue weighted by molar-refractivity contribution is 5.79. The highest BCUT2D eigenvalue weighted by Gasteiger charge is 2.16. The van der Waals surface area contributed by atoms with Crippen molar-refractivity contribution in [3.8, 4) is 0 Å². The highest BCUT2D eigenvalue weighted by Crippen LogP contribution is 2.14. The molecular formula is C23H30F2N4O. The van der Waals surface area contributed by atoms with Crippen LogP contribution in [0.1, 0.15) is 29.5 Å². The molecule has 0 bridgehead atoms. The molecule has 1 aliphatic heterocycles. The summed E-state index contributed by atoms with van der Waals surface area (Å²) in [6.45, 7) is 3.84. The number of hydrogen-bond acceptors (Lipinski definition) is 3. The summed E-state index contributed by atoms with van der Waals surface area (Å²) in [5, 5.41) is 16.0. The number of nitrogens with zero attached hydrogens (tertiary/aromatic N) is 2. The molecular weight excluding hydrogens is 386 g/mol. The Bertz CT molecular complexity index is 834. The van der Waals surface area contributed by atoms with Crippen LogP contribution in [-0.2, 0) is 19.5 Å². The van der Waals surface area contributed by atoms with Crippen LogP contribution in [0.2, 0.25) is 0 Å². The molecule has 30 heavy (non-hydrogen) atoms. The van der Waals surface area contributed by atoms with Crippen molar-refractivity contribution in [2.45, 2.75) is 38.5 Å². The van der Waals surface area contributed by atoms with Crippen LogP contribution < -0.4 is 10.6 Å². The van der Waals surface area contributed by atoms with E-state index in [-0.39, 0.29) is 6.10 Å². The number of aliphatic hydroxyl groups is 1. The SMILES string of the molecule is CN=C(NCCc1cc(F)ccc1F)NCc1ccc(CN2CCC(O)CC2)cc1. The first-order valence-corrected chi connectivity index (χ1v) is 10.4. The van der Waals surface area contributed by atoms with Gasteiger partial charge in [0.1, 0.15) is 11.6 Å². The standard InChI is InChI=1S/C23H30F2N4O/c1-26-23(27-11-8-19-14-20(24)6-7-22(19)25)28-15-17-2-4-18(5-3-17)16-29-12-9-21(30)10-13-29/h2-7,14,21,30H,8-13,15-16H2,1H3,(H2,26,27,28). The number of piperidine rings is 1. The quantitative estimate of drug-likeness (QED) is 0.480. The second-order valence-corrected chi connectivity index (χ2v) is 7.66. The van der Waals surface area contributed by atoms with E-state index in [1.165, 1.54) is 11.6 Å². The number of aliphatic imine (C=N–C) groups is 1. The molecule has 2 aromatic rings. The number of rotatable bonds is 7. The van der Waals surface area contributed by atoms with Gasteiger partial charge in [0.25, 0.3) is 0 Å². The lowest BCUT2D eigenvalue weighted by atomic mass is 10.1. The van der Waals surface area contributed by atoms with E-state index in [0.717, 1.165) is 50.2 Å². The monoisotopic (exact) mass is 416 g/mol. The van der Waals surface area contributed by atoms with E-state index >= 15 is 0 Å². The van der Waals surface area contributed by atoms with Crippen LogP contribution in [-0.4, -0.2) is 48.8 Å². The minimum Gasteiger partial charge on any atom is -0.393 e. The van der Waals surface area contributed by atoms with Gasteiger partial charge in [0.2, 0.25) is 0 Å². The van der Waals surface area contributed by atoms with Gasteiger partial charge < -0.3 is 15.7 Å². The van der Waals surface area contributed by atoms with Crippen LogP contribution in [0.4, 0.5) is 8.78 Å². The predicted octanol–water partition coefficient (Wildman–Crippen LogP) is 2.83. The fraction of sp³-hybridized carbons (Fsp3) is 0.435. The molecule has 162 valence electrons. The second-order valence-electron chi connectivity index (χ2n) is 7.66. The van der Waals surface area contributed by atoms with Gasteiger partial charge >= 0.3 is 0 Å². The van der Waals surface area contributed by atoms with Crippen molar-refractivity contribution < 1.29 is 13.9 Å². The van der Waals surface area contributed by atoms with Gasteiger partial charge in [-0.2, -0.15) is 0 Å². The molecule has 2 aromatic carbocycles. The molecule has 1 fully saturated rings. The molecule has 0 amide bonds. The molecule has 1 aliphatic rings. The van der Waals surface area contributed by atoms with Crippen molar-refractivity contribution in [3.63, 3.8) is 0 Å². The molecule has 7 heteroatoms. The summed E-state index contributed by atoms with van der Waals surface area (Å²) in [7, 11) is 1.68. The van der Waals surface area contributed by atoms with Crippen molar-refractivity contribution in [2.24, 2.45) is 4.99 Å². The minimum absolute atomic E-state index is 0.148. The van der Waals surface area contributed by atoms with Crippen LogP contribution in [0.15, 0.2) is 47.5 Å². The molecule has 0 saturated carbocycles. The average molecular weight is 417 g/mol. The number of guanidine groups is 1. The first kappa shape index (κ1) is 22.2. The van der Waals surface area contributed by atoms with Crippen molar-refractivity contribution in [1.29, 1.82) is 0 Å². The summed E-state index contributed by atoms with van der Waals surface area (Å²) in [6, 6.07) is 11.9. The van der Waals surface area contributed by atoms with E-state index < -0.39 is 11.6 Å². The number of aliphatic hydroxyl groups excluding tert-OH is 1. The summed E-state index contributed by atoms with van der Waals surface area (Å²) < 4.78 is 26.9. The number of halogens is 2. The Labute approximate surface area is 176 Å². The minimum atomic E-state index is -0.435. The van der Waals surface area contributed by atoms with E-state index in [2.05, 4.69) is 44.8 Å². The average Bonchev–Trinajstić information content (AvgIpc) is 2.75. The zero-order chi connectivity index (χ0) is 21.3. The van der Waals surface area contributed by atoms with Crippen LogP contribution in [0.3, 0.4) is 0 Å². The van der Waals surface area contributed by atoms with Crippen molar-refractivity contribution in [3.05, 3.63) is 70.8 Å². The molecule has 0 aromatic heterocycles. The molecule has 0 atom stereocenters. The predicted molar refractivity (Wildman–Crippen MR) is 115 cm³/mol. The fourth-order valence-electron chi connectivity index (χ4n) is 3.56. The van der Waals surface area contributed by atoms with E-state index in [4.69, 9.17) is 0 Å². The number of likely N-dealkylation sites (tertiary alicyclic amines) is 1. The normalized spacial score (nSPS) is 15.9. The van der Waals surface area contributed by atoms with E-state index in [9.17, 15) is 13.9 Å². The third-order valence-electron chi connectivity index (χ3n) is 5.36. The van der Waals surface area contributed by atoms with Crippen LogP contribution in [0, 0.1) is 11.6 Å². The van der Waals surface area contributed by atoms with Gasteiger partial charge in [-0.25, -0.2) is 8.78 Å². The molecule has 0 aliphatic carbocycles. The first-order valence-electron chi connectivity index (χ1n) is 10.4. The number of nitrogens with one attached hydrogen (secondary N) is 2. The summed E-state index contributed by atoms with van der Waals surface area (Å²) in [6.07, 6.45) is 1.91. The van der Waals surface area contributed by atoms with Gasteiger partial charge in [0, 0.05) is 39.8 Å². The molecule has 1 saturated heterocycles. The van der Waals surface area contributed by atoms with Crippen molar-refractivity contribution in [2.75, 3.05) is 26.7 Å². The van der Waals surface area contributed by atoms with Crippen LogP contribution in [0.5, 0.6) is 0 Å². The summed E-state index contributed by atoms with van der Waals surface area (Å²) >= 11 is 0. The molecule has 0 radical (unpaired) electrons. The van der Waals surface area contributed by atoms with E-state index in [1.54, 1.807) is 7.05 Å². The van der Waals surface area contributed by atoms with Gasteiger partial charge in [-0.3, -0.25) is 9.89 Å². The lowest BCUT2D eigenvalue weighted by Gasteiger charge is -2.29. The van der Waals surface area contributed by atoms with E-state index in [0.29, 0.717) is 31.0 Å². The topological polar surface area (TPSA) is 59.9 Å². The zero-order valence-electron chi connectivity index (χ0n) is 17.4. The van der Waals surface area contributed by atoms with E-state index in [1.807, 2.05) is 0 Å². The van der Waals surface area contributed by atoms with Gasteiger partial charge in [0.15, 0.2) is 5.96 Å². The van der Waals surface area contributed by atoms with Gasteiger partial charge in [-0.1, -0.05) is 24.3 Å². The Morgan fingerprint density at radius 3 is 2.47 bits per heavy atom. The lowest BCUT2D eigenvalue weighted by Crippen LogP contribution is -2.38. The first-order chi connectivity index (χ1) is 14.5. The summed E-state index contributed by atoms with van der Waals surface area (Å²) in [5.41, 5.74) is 2.73. The number of hydrogen-bond donors (Lipinski definition) is 3. The molecule has 0 spiro atoms. The fourth-order valence-corrected chi connectivity index (χ4v) is 3.56. The third kappa shape index (κ3) is 6.78. The molecule has 5 nitrogen and oxygen atoms in total. The third-order valence-corrected chi connectivity index (χ3v) is 5.36. The molecule has 3 rings (SSSR count). The Balaban J connectivity index is 1.41. The Morgan fingerprint density at radius 2 is 1.77 bits per heavy atom. The van der Waals surface area contributed by atoms with Crippen molar-refractivity contribution in [1.82, 2.24) is 15.5 Å². The second kappa shape index (κ2) is 11.0. The zero-order valence-corrected chi connectivity index (χ0v) is 17.4. The largest absolute Gasteiger partial charge is 0.393 e. The van der Waals surface area contributed by atoms with Gasteiger partial charge in [0.05, 0.1) is 6.10 Å². The summed E-state index contributed by atoms with van der Waals surface area (Å²) in [4.78, 5) is 6.54. The van der Waals surface area contributed by atoms with Crippen molar-refractivity contribution >= 4 is 5.96 Å². The smallest absolute Gasteiger partial charge is 0.191 e. The van der Waals surface area contributed by atoms with Gasteiger partial charge in [-0.05, 0) is 54.2 Å². The maximum absolute atomic E-state index is 13.7. The molecule has 1 heterocycles. The van der Waals surface area contributed by atoms with Crippen LogP contribution >= 0.6 is 0 Å². The Morgan fingerprint density at radius 1 is 1.07 bits per heavy atom. The summed E-state index contributed by atoms with van der Waals surface area (Å²) in [5.74, 6) is -0.222. The van der Waals surface area contributed by atoms with Gasteiger partial charge in [-0.15, -0.1) is 0 Å². The maximum Gasteiger partial charge on any atom is 0.191 e. The lowest BCUT2D eigenvalue weighted by molar-refractivity contribution is 0.0792. The molecule has 3 N–H and O–H groups in total. The van der Waals surface area contributed by atoms with Crippen LogP contribution in [0.25, 0.3) is 0 Å².